The zero-order valence-electron chi connectivity index (χ0n) is 14.4. The fourth-order valence-corrected chi connectivity index (χ4v) is 3.20. The van der Waals surface area contributed by atoms with E-state index in [2.05, 4.69) is 10.3 Å². The molecule has 0 saturated carbocycles. The molecule has 0 amide bonds. The molecule has 1 fully saturated rings. The fourth-order valence-electron chi connectivity index (χ4n) is 3.05. The van der Waals surface area contributed by atoms with Crippen LogP contribution in [0.1, 0.15) is 46.2 Å². The van der Waals surface area contributed by atoms with Gasteiger partial charge < -0.3 is 10.1 Å². The van der Waals surface area contributed by atoms with E-state index in [0.717, 1.165) is 0 Å². The largest absolute Gasteiger partial charge is 0.460 e. The first-order valence-electron chi connectivity index (χ1n) is 8.00. The monoisotopic (exact) mass is 360 g/mol. The van der Waals surface area contributed by atoms with E-state index < -0.39 is 27.8 Å². The number of esters is 1. The van der Waals surface area contributed by atoms with Gasteiger partial charge in [-0.2, -0.15) is 0 Å². The Kier molecular flexibility index (Phi) is 5.50. The maximum atomic E-state index is 14.1. The van der Waals surface area contributed by atoms with E-state index in [1.165, 1.54) is 0 Å². The van der Waals surface area contributed by atoms with E-state index in [1.54, 1.807) is 20.8 Å². The third kappa shape index (κ3) is 4.42. The molecule has 2 heterocycles. The van der Waals surface area contributed by atoms with Crippen molar-refractivity contribution in [3.8, 4) is 0 Å². The number of nitrogens with one attached hydrogen (secondary N) is 1. The average molecular weight is 361 g/mol. The summed E-state index contributed by atoms with van der Waals surface area (Å²) in [6.07, 6.45) is 1.00. The van der Waals surface area contributed by atoms with Crippen LogP contribution in [0.3, 0.4) is 0 Å². The summed E-state index contributed by atoms with van der Waals surface area (Å²) in [6.45, 7) is 7.93. The van der Waals surface area contributed by atoms with Crippen LogP contribution in [-0.4, -0.2) is 29.1 Å². The summed E-state index contributed by atoms with van der Waals surface area (Å²) in [5.74, 6) is -2.10. The zero-order valence-corrected chi connectivity index (χ0v) is 15.1. The number of ether oxygens (including phenoxy) is 1. The van der Waals surface area contributed by atoms with Gasteiger partial charge in [0.2, 0.25) is 0 Å². The normalized spacial score (nSPS) is 24.7. The smallest absolute Gasteiger partial charge is 0.313 e. The van der Waals surface area contributed by atoms with Crippen LogP contribution in [0.15, 0.2) is 6.07 Å². The van der Waals surface area contributed by atoms with Crippen LogP contribution in [0.2, 0.25) is 5.15 Å². The molecule has 1 aromatic heterocycles. The third-order valence-corrected chi connectivity index (χ3v) is 4.36. The summed E-state index contributed by atoms with van der Waals surface area (Å²) >= 11 is 5.68. The molecular weight excluding hydrogens is 338 g/mol. The number of carbonyl (C=O) groups excluding carboxylic acids is 1. The summed E-state index contributed by atoms with van der Waals surface area (Å²) < 4.78 is 33.0. The molecule has 7 heteroatoms. The first-order valence-corrected chi connectivity index (χ1v) is 8.37. The van der Waals surface area contributed by atoms with Gasteiger partial charge in [0.25, 0.3) is 0 Å². The van der Waals surface area contributed by atoms with Crippen molar-refractivity contribution in [1.29, 1.82) is 0 Å². The Hall–Kier alpha value is -1.27. The standard InChI is InChI=1S/C17H23ClF2N2O2/c1-10-8-17(5-6-21-10,15(23)24-16(2,3)4)9-13-11(19)7-12(20)14(18)22-13/h7,10,21H,5-6,8-9H2,1-4H3/t10-,17-/m1/s1. The molecule has 24 heavy (non-hydrogen) atoms. The molecule has 2 atom stereocenters. The van der Waals surface area contributed by atoms with Crippen LogP contribution in [0.4, 0.5) is 8.78 Å². The molecule has 1 aliphatic rings. The van der Waals surface area contributed by atoms with Crippen molar-refractivity contribution in [3.05, 3.63) is 28.5 Å². The Morgan fingerprint density at radius 3 is 2.71 bits per heavy atom. The number of pyridine rings is 1. The average Bonchev–Trinajstić information content (AvgIpc) is 2.43. The van der Waals surface area contributed by atoms with Crippen molar-refractivity contribution in [2.75, 3.05) is 6.54 Å². The predicted octanol–water partition coefficient (Wildman–Crippen LogP) is 3.66. The summed E-state index contributed by atoms with van der Waals surface area (Å²) in [5, 5.41) is 2.87. The van der Waals surface area contributed by atoms with Crippen LogP contribution >= 0.6 is 11.6 Å². The number of hydrogen-bond acceptors (Lipinski definition) is 4. The summed E-state index contributed by atoms with van der Waals surface area (Å²) in [6, 6.07) is 0.781. The Balaban J connectivity index is 2.37. The van der Waals surface area contributed by atoms with Crippen LogP contribution in [0, 0.1) is 17.0 Å². The zero-order chi connectivity index (χ0) is 18.1. The lowest BCUT2D eigenvalue weighted by Crippen LogP contribution is -2.50. The molecule has 1 saturated heterocycles. The van der Waals surface area contributed by atoms with Crippen molar-refractivity contribution in [2.45, 2.75) is 58.6 Å². The first kappa shape index (κ1) is 19.1. The molecule has 0 aliphatic carbocycles. The minimum Gasteiger partial charge on any atom is -0.460 e. The van der Waals surface area contributed by atoms with Crippen LogP contribution in [0.5, 0.6) is 0 Å². The van der Waals surface area contributed by atoms with Crippen molar-refractivity contribution in [3.63, 3.8) is 0 Å². The summed E-state index contributed by atoms with van der Waals surface area (Å²) in [7, 11) is 0. The van der Waals surface area contributed by atoms with Gasteiger partial charge in [0.15, 0.2) is 11.0 Å². The van der Waals surface area contributed by atoms with Crippen LogP contribution in [0.25, 0.3) is 0 Å². The first-order chi connectivity index (χ1) is 11.0. The van der Waals surface area contributed by atoms with Crippen molar-refractivity contribution in [1.82, 2.24) is 10.3 Å². The third-order valence-electron chi connectivity index (χ3n) is 4.09. The Labute approximate surface area is 145 Å². The Morgan fingerprint density at radius 2 is 2.12 bits per heavy atom. The number of nitrogens with zero attached hydrogens (tertiary/aromatic N) is 1. The second-order valence-corrected chi connectivity index (χ2v) is 7.82. The molecule has 0 spiro atoms. The molecule has 2 rings (SSSR count). The highest BCUT2D eigenvalue weighted by molar-refractivity contribution is 6.29. The van der Waals surface area contributed by atoms with Gasteiger partial charge in [-0.15, -0.1) is 0 Å². The van der Waals surface area contributed by atoms with Gasteiger partial charge in [-0.3, -0.25) is 4.79 Å². The highest BCUT2D eigenvalue weighted by Crippen LogP contribution is 2.38. The van der Waals surface area contributed by atoms with Gasteiger partial charge in [-0.05, 0) is 47.1 Å². The molecule has 0 radical (unpaired) electrons. The number of aromatic nitrogens is 1. The molecule has 1 N–H and O–H groups in total. The molecule has 0 bridgehead atoms. The van der Waals surface area contributed by atoms with Gasteiger partial charge in [-0.25, -0.2) is 13.8 Å². The van der Waals surface area contributed by atoms with Gasteiger partial charge in [0, 0.05) is 18.5 Å². The quantitative estimate of drug-likeness (QED) is 0.660. The highest BCUT2D eigenvalue weighted by Gasteiger charge is 2.45. The van der Waals surface area contributed by atoms with Gasteiger partial charge in [-0.1, -0.05) is 11.6 Å². The van der Waals surface area contributed by atoms with Gasteiger partial charge >= 0.3 is 5.97 Å². The molecule has 1 aliphatic heterocycles. The summed E-state index contributed by atoms with van der Waals surface area (Å²) in [4.78, 5) is 16.6. The lowest BCUT2D eigenvalue weighted by atomic mass is 9.72. The van der Waals surface area contributed by atoms with Crippen LogP contribution < -0.4 is 5.32 Å². The Morgan fingerprint density at radius 1 is 1.46 bits per heavy atom. The number of carbonyl (C=O) groups is 1. The van der Waals surface area contributed by atoms with Crippen LogP contribution in [-0.2, 0) is 16.0 Å². The Bertz CT molecular complexity index is 634. The molecular formula is C17H23ClF2N2O2. The lowest BCUT2D eigenvalue weighted by molar-refractivity contribution is -0.170. The number of piperidine rings is 1. The maximum Gasteiger partial charge on any atom is 0.313 e. The van der Waals surface area contributed by atoms with E-state index in [9.17, 15) is 13.6 Å². The highest BCUT2D eigenvalue weighted by atomic mass is 35.5. The number of rotatable bonds is 3. The summed E-state index contributed by atoms with van der Waals surface area (Å²) in [5.41, 5.74) is -1.57. The minimum atomic E-state index is -0.914. The number of halogens is 3. The van der Waals surface area contributed by atoms with E-state index in [0.29, 0.717) is 25.5 Å². The molecule has 0 aromatic carbocycles. The van der Waals surface area contributed by atoms with Crippen molar-refractivity contribution in [2.24, 2.45) is 5.41 Å². The van der Waals surface area contributed by atoms with Crippen molar-refractivity contribution < 1.29 is 18.3 Å². The fraction of sp³-hybridized carbons (Fsp3) is 0.647. The molecule has 134 valence electrons. The molecule has 0 unspecified atom stereocenters. The van der Waals surface area contributed by atoms with E-state index in [-0.39, 0.29) is 24.1 Å². The predicted molar refractivity (Wildman–Crippen MR) is 87.8 cm³/mol. The van der Waals surface area contributed by atoms with E-state index in [1.807, 2.05) is 6.92 Å². The van der Waals surface area contributed by atoms with Crippen molar-refractivity contribution >= 4 is 17.6 Å². The second kappa shape index (κ2) is 6.92. The molecule has 1 aromatic rings. The minimum absolute atomic E-state index is 0.0126. The van der Waals surface area contributed by atoms with Gasteiger partial charge in [0.1, 0.15) is 11.4 Å². The SMILES string of the molecule is C[C@@H]1C[C@](Cc2nc(Cl)c(F)cc2F)(C(=O)OC(C)(C)C)CCN1. The van der Waals surface area contributed by atoms with E-state index >= 15 is 0 Å². The molecule has 4 nitrogen and oxygen atoms in total. The maximum absolute atomic E-state index is 14.1. The number of hydrogen-bond donors (Lipinski definition) is 1. The second-order valence-electron chi connectivity index (χ2n) is 7.46. The van der Waals surface area contributed by atoms with E-state index in [4.69, 9.17) is 16.3 Å². The topological polar surface area (TPSA) is 51.2 Å². The van der Waals surface area contributed by atoms with Gasteiger partial charge in [0.05, 0.1) is 11.1 Å². The lowest BCUT2D eigenvalue weighted by Gasteiger charge is -2.40.